The lowest BCUT2D eigenvalue weighted by atomic mass is 9.98. The van der Waals surface area contributed by atoms with Crippen molar-refractivity contribution >= 4 is 17.5 Å². The van der Waals surface area contributed by atoms with Crippen LogP contribution in [0.5, 0.6) is 0 Å². The summed E-state index contributed by atoms with van der Waals surface area (Å²) in [6.07, 6.45) is 0. The third kappa shape index (κ3) is 4.79. The summed E-state index contributed by atoms with van der Waals surface area (Å²) in [5.41, 5.74) is 2.52. The molecule has 0 heterocycles. The molecule has 1 unspecified atom stereocenters. The Balaban J connectivity index is 1.80. The number of amides is 2. The molecule has 2 amide bonds. The fourth-order valence-electron chi connectivity index (χ4n) is 2.77. The second-order valence-corrected chi connectivity index (χ2v) is 6.34. The van der Waals surface area contributed by atoms with Crippen molar-refractivity contribution in [2.45, 2.75) is 13.0 Å². The second-order valence-electron chi connectivity index (χ2n) is 6.34. The summed E-state index contributed by atoms with van der Waals surface area (Å²) in [6, 6.07) is 18.7. The Morgan fingerprint density at radius 1 is 0.786 bits per heavy atom. The topological polar surface area (TPSA) is 58.2 Å². The number of nitrogens with one attached hydrogen (secondary N) is 2. The van der Waals surface area contributed by atoms with Gasteiger partial charge in [-0.25, -0.2) is 8.78 Å². The first-order chi connectivity index (χ1) is 13.4. The maximum Gasteiger partial charge on any atom is 0.313 e. The van der Waals surface area contributed by atoms with E-state index in [1.807, 2.05) is 61.5 Å². The van der Waals surface area contributed by atoms with E-state index in [9.17, 15) is 18.4 Å². The third-order valence-electron chi connectivity index (χ3n) is 4.15. The van der Waals surface area contributed by atoms with Gasteiger partial charge in [-0.15, -0.1) is 0 Å². The van der Waals surface area contributed by atoms with Crippen molar-refractivity contribution in [3.63, 3.8) is 0 Å². The van der Waals surface area contributed by atoms with E-state index >= 15 is 0 Å². The van der Waals surface area contributed by atoms with Crippen LogP contribution in [0, 0.1) is 18.6 Å². The fourth-order valence-corrected chi connectivity index (χ4v) is 2.77. The van der Waals surface area contributed by atoms with E-state index in [0.717, 1.165) is 28.8 Å². The molecule has 0 saturated carbocycles. The maximum absolute atomic E-state index is 13.3. The van der Waals surface area contributed by atoms with Crippen molar-refractivity contribution in [2.24, 2.45) is 0 Å². The molecule has 0 aliphatic rings. The summed E-state index contributed by atoms with van der Waals surface area (Å²) >= 11 is 0. The predicted molar refractivity (Wildman–Crippen MR) is 103 cm³/mol. The highest BCUT2D eigenvalue weighted by Crippen LogP contribution is 2.22. The zero-order valence-corrected chi connectivity index (χ0v) is 15.1. The van der Waals surface area contributed by atoms with Crippen LogP contribution in [0.25, 0.3) is 0 Å². The standard InChI is InChI=1S/C22H18F2N2O2/c1-14-7-9-16(10-8-14)20(15-5-3-2-4-6-15)26-22(28)21(27)25-19-12-17(23)11-18(24)13-19/h2-13,20H,1H3,(H,25,27)(H,26,28). The number of aryl methyl sites for hydroxylation is 1. The van der Waals surface area contributed by atoms with Gasteiger partial charge in [-0.2, -0.15) is 0 Å². The van der Waals surface area contributed by atoms with Gasteiger partial charge in [-0.05, 0) is 30.2 Å². The van der Waals surface area contributed by atoms with Crippen LogP contribution >= 0.6 is 0 Å². The van der Waals surface area contributed by atoms with Crippen molar-refractivity contribution in [1.29, 1.82) is 0 Å². The zero-order chi connectivity index (χ0) is 20.1. The van der Waals surface area contributed by atoms with E-state index < -0.39 is 29.5 Å². The van der Waals surface area contributed by atoms with Crippen LogP contribution in [0.3, 0.4) is 0 Å². The van der Waals surface area contributed by atoms with Crippen molar-refractivity contribution in [3.05, 3.63) is 101 Å². The van der Waals surface area contributed by atoms with E-state index in [4.69, 9.17) is 0 Å². The average Bonchev–Trinajstić information content (AvgIpc) is 2.66. The summed E-state index contributed by atoms with van der Waals surface area (Å²) in [5.74, 6) is -3.63. The van der Waals surface area contributed by atoms with Gasteiger partial charge >= 0.3 is 11.8 Å². The number of halogens is 2. The lowest BCUT2D eigenvalue weighted by Crippen LogP contribution is -2.38. The Kier molecular flexibility index (Phi) is 5.79. The first-order valence-electron chi connectivity index (χ1n) is 8.62. The molecule has 0 aliphatic carbocycles. The highest BCUT2D eigenvalue weighted by molar-refractivity contribution is 6.39. The molecule has 3 rings (SSSR count). The van der Waals surface area contributed by atoms with Crippen LogP contribution in [-0.4, -0.2) is 11.8 Å². The highest BCUT2D eigenvalue weighted by atomic mass is 19.1. The molecular formula is C22H18F2N2O2. The first kappa shape index (κ1) is 19.2. The average molecular weight is 380 g/mol. The molecule has 2 N–H and O–H groups in total. The molecule has 6 heteroatoms. The molecule has 28 heavy (non-hydrogen) atoms. The monoisotopic (exact) mass is 380 g/mol. The molecule has 0 radical (unpaired) electrons. The van der Waals surface area contributed by atoms with Crippen LogP contribution < -0.4 is 10.6 Å². The third-order valence-corrected chi connectivity index (χ3v) is 4.15. The zero-order valence-electron chi connectivity index (χ0n) is 15.1. The molecule has 0 spiro atoms. The van der Waals surface area contributed by atoms with Crippen LogP contribution in [-0.2, 0) is 9.59 Å². The van der Waals surface area contributed by atoms with E-state index in [-0.39, 0.29) is 5.69 Å². The maximum atomic E-state index is 13.3. The minimum Gasteiger partial charge on any atom is -0.337 e. The van der Waals surface area contributed by atoms with Gasteiger partial charge in [0.2, 0.25) is 0 Å². The smallest absolute Gasteiger partial charge is 0.313 e. The van der Waals surface area contributed by atoms with E-state index in [0.29, 0.717) is 6.07 Å². The van der Waals surface area contributed by atoms with Gasteiger partial charge in [0.15, 0.2) is 0 Å². The lowest BCUT2D eigenvalue weighted by molar-refractivity contribution is -0.136. The first-order valence-corrected chi connectivity index (χ1v) is 8.62. The van der Waals surface area contributed by atoms with Crippen LogP contribution in [0.15, 0.2) is 72.8 Å². The van der Waals surface area contributed by atoms with Crippen molar-refractivity contribution in [1.82, 2.24) is 5.32 Å². The van der Waals surface area contributed by atoms with Gasteiger partial charge in [-0.1, -0.05) is 60.2 Å². The Bertz CT molecular complexity index is 969. The van der Waals surface area contributed by atoms with Crippen molar-refractivity contribution in [2.75, 3.05) is 5.32 Å². The molecule has 142 valence electrons. The summed E-state index contributed by atoms with van der Waals surface area (Å²) in [7, 11) is 0. The van der Waals surface area contributed by atoms with Gasteiger partial charge in [-0.3, -0.25) is 9.59 Å². The van der Waals surface area contributed by atoms with Crippen LogP contribution in [0.1, 0.15) is 22.7 Å². The molecular weight excluding hydrogens is 362 g/mol. The van der Waals surface area contributed by atoms with Crippen LogP contribution in [0.2, 0.25) is 0 Å². The van der Waals surface area contributed by atoms with E-state index in [2.05, 4.69) is 10.6 Å². The summed E-state index contributed by atoms with van der Waals surface area (Å²) < 4.78 is 26.5. The molecule has 3 aromatic rings. The van der Waals surface area contributed by atoms with Gasteiger partial charge < -0.3 is 10.6 Å². The molecule has 3 aromatic carbocycles. The van der Waals surface area contributed by atoms with Crippen LogP contribution in [0.4, 0.5) is 14.5 Å². The second kappa shape index (κ2) is 8.43. The molecule has 0 bridgehead atoms. The van der Waals surface area contributed by atoms with Crippen molar-refractivity contribution in [3.8, 4) is 0 Å². The Morgan fingerprint density at radius 3 is 1.96 bits per heavy atom. The van der Waals surface area contributed by atoms with Gasteiger partial charge in [0.05, 0.1) is 6.04 Å². The van der Waals surface area contributed by atoms with Gasteiger partial charge in [0.1, 0.15) is 11.6 Å². The number of carbonyl (C=O) groups is 2. The number of benzene rings is 3. The van der Waals surface area contributed by atoms with Crippen molar-refractivity contribution < 1.29 is 18.4 Å². The lowest BCUT2D eigenvalue weighted by Gasteiger charge is -2.20. The molecule has 1 atom stereocenters. The quantitative estimate of drug-likeness (QED) is 0.669. The van der Waals surface area contributed by atoms with Gasteiger partial charge in [0.25, 0.3) is 0 Å². The Hall–Kier alpha value is -3.54. The van der Waals surface area contributed by atoms with E-state index in [1.54, 1.807) is 0 Å². The number of anilines is 1. The molecule has 4 nitrogen and oxygen atoms in total. The number of hydrogen-bond acceptors (Lipinski definition) is 2. The fraction of sp³-hybridized carbons (Fsp3) is 0.0909. The Labute approximate surface area is 161 Å². The molecule has 0 aromatic heterocycles. The molecule has 0 aliphatic heterocycles. The summed E-state index contributed by atoms with van der Waals surface area (Å²) in [4.78, 5) is 24.6. The number of carbonyl (C=O) groups excluding carboxylic acids is 2. The largest absolute Gasteiger partial charge is 0.337 e. The highest BCUT2D eigenvalue weighted by Gasteiger charge is 2.21. The molecule has 0 saturated heterocycles. The number of hydrogen-bond donors (Lipinski definition) is 2. The minimum absolute atomic E-state index is 0.135. The number of rotatable bonds is 4. The predicted octanol–water partition coefficient (Wildman–Crippen LogP) is 4.12. The van der Waals surface area contributed by atoms with E-state index in [1.165, 1.54) is 0 Å². The Morgan fingerprint density at radius 2 is 1.36 bits per heavy atom. The summed E-state index contributed by atoms with van der Waals surface area (Å²) in [5, 5.41) is 4.89. The molecule has 0 fully saturated rings. The summed E-state index contributed by atoms with van der Waals surface area (Å²) in [6.45, 7) is 1.95. The SMILES string of the molecule is Cc1ccc(C(NC(=O)C(=O)Nc2cc(F)cc(F)c2)c2ccccc2)cc1. The van der Waals surface area contributed by atoms with Gasteiger partial charge in [0, 0.05) is 11.8 Å². The normalized spacial score (nSPS) is 11.5. The minimum atomic E-state index is -1.02.